The summed E-state index contributed by atoms with van der Waals surface area (Å²) in [5, 5.41) is 0.653. The average molecular weight is 533 g/mol. The summed E-state index contributed by atoms with van der Waals surface area (Å²) in [6, 6.07) is 11.3. The minimum Gasteiger partial charge on any atom is -0.497 e. The highest BCUT2D eigenvalue weighted by molar-refractivity contribution is 9.10. The molecule has 6 nitrogen and oxygen atoms in total. The van der Waals surface area contributed by atoms with Gasteiger partial charge in [-0.3, -0.25) is 9.69 Å². The number of thioether (sulfide) groups is 1. The number of amides is 1. The third kappa shape index (κ3) is 6.12. The molecule has 0 aliphatic carbocycles. The van der Waals surface area contributed by atoms with Crippen molar-refractivity contribution in [2.75, 3.05) is 20.3 Å². The zero-order valence-corrected chi connectivity index (χ0v) is 22.0. The van der Waals surface area contributed by atoms with E-state index >= 15 is 0 Å². The lowest BCUT2D eigenvalue weighted by Crippen LogP contribution is -2.28. The van der Waals surface area contributed by atoms with Crippen molar-refractivity contribution < 1.29 is 19.0 Å². The molecule has 1 amide bonds. The molecule has 1 atom stereocenters. The van der Waals surface area contributed by atoms with Gasteiger partial charge in [-0.15, -0.1) is 0 Å². The van der Waals surface area contributed by atoms with Gasteiger partial charge in [0.25, 0.3) is 5.91 Å². The van der Waals surface area contributed by atoms with Crippen LogP contribution in [0, 0.1) is 0 Å². The number of benzene rings is 2. The van der Waals surface area contributed by atoms with Crippen LogP contribution in [-0.2, 0) is 4.79 Å². The Bertz CT molecular complexity index is 1050. The van der Waals surface area contributed by atoms with Crippen LogP contribution in [0.5, 0.6) is 17.2 Å². The molecule has 2 aromatic rings. The van der Waals surface area contributed by atoms with Crippen LogP contribution in [0.15, 0.2) is 50.8 Å². The van der Waals surface area contributed by atoms with Crippen molar-refractivity contribution in [2.24, 2.45) is 4.99 Å². The zero-order valence-electron chi connectivity index (χ0n) is 19.6. The first-order valence-electron chi connectivity index (χ1n) is 11.0. The van der Waals surface area contributed by atoms with Gasteiger partial charge in [-0.1, -0.05) is 6.92 Å². The fourth-order valence-corrected chi connectivity index (χ4v) is 4.74. The Balaban J connectivity index is 1.93. The van der Waals surface area contributed by atoms with Crippen molar-refractivity contribution in [1.29, 1.82) is 0 Å². The molecule has 1 heterocycles. The molecule has 0 N–H and O–H groups in total. The lowest BCUT2D eigenvalue weighted by atomic mass is 10.1. The highest BCUT2D eigenvalue weighted by Gasteiger charge is 2.32. The number of carbonyl (C=O) groups excluding carboxylic acids is 1. The van der Waals surface area contributed by atoms with Gasteiger partial charge >= 0.3 is 0 Å². The highest BCUT2D eigenvalue weighted by Crippen LogP contribution is 2.40. The van der Waals surface area contributed by atoms with Crippen molar-refractivity contribution >= 4 is 50.5 Å². The van der Waals surface area contributed by atoms with Gasteiger partial charge in [0.15, 0.2) is 16.7 Å². The minimum atomic E-state index is -0.0659. The van der Waals surface area contributed by atoms with Crippen LogP contribution >= 0.6 is 27.7 Å². The molecule has 0 saturated carbocycles. The molecule has 0 bridgehead atoms. The molecule has 1 aliphatic heterocycles. The first-order valence-corrected chi connectivity index (χ1v) is 12.6. The summed E-state index contributed by atoms with van der Waals surface area (Å²) in [6.45, 7) is 9.02. The summed E-state index contributed by atoms with van der Waals surface area (Å²) >= 11 is 4.98. The van der Waals surface area contributed by atoms with E-state index in [-0.39, 0.29) is 12.0 Å². The molecule has 1 aliphatic rings. The molecule has 0 radical (unpaired) electrons. The van der Waals surface area contributed by atoms with Crippen molar-refractivity contribution in [3.8, 4) is 17.2 Å². The van der Waals surface area contributed by atoms with Crippen molar-refractivity contribution in [1.82, 2.24) is 4.90 Å². The van der Waals surface area contributed by atoms with E-state index in [1.165, 1.54) is 11.8 Å². The van der Waals surface area contributed by atoms with Gasteiger partial charge in [-0.2, -0.15) is 0 Å². The largest absolute Gasteiger partial charge is 0.497 e. The van der Waals surface area contributed by atoms with E-state index in [1.54, 1.807) is 12.0 Å². The van der Waals surface area contributed by atoms with Gasteiger partial charge in [0.05, 0.1) is 34.9 Å². The Morgan fingerprint density at radius 1 is 1.18 bits per heavy atom. The third-order valence-corrected chi connectivity index (χ3v) is 6.62. The summed E-state index contributed by atoms with van der Waals surface area (Å²) in [5.41, 5.74) is 1.61. The molecule has 2 aromatic carbocycles. The van der Waals surface area contributed by atoms with Gasteiger partial charge in [0.1, 0.15) is 5.75 Å². The van der Waals surface area contributed by atoms with Crippen molar-refractivity contribution in [3.05, 3.63) is 51.3 Å². The normalized spacial score (nSPS) is 17.0. The molecule has 0 aromatic heterocycles. The smallest absolute Gasteiger partial charge is 0.266 e. The van der Waals surface area contributed by atoms with Crippen LogP contribution in [0.3, 0.4) is 0 Å². The van der Waals surface area contributed by atoms with Crippen LogP contribution < -0.4 is 14.2 Å². The van der Waals surface area contributed by atoms with E-state index < -0.39 is 0 Å². The number of hydrogen-bond donors (Lipinski definition) is 0. The van der Waals surface area contributed by atoms with Crippen LogP contribution in [0.4, 0.5) is 5.69 Å². The third-order valence-electron chi connectivity index (χ3n) is 5.02. The molecule has 3 rings (SSSR count). The van der Waals surface area contributed by atoms with E-state index in [0.29, 0.717) is 34.7 Å². The Morgan fingerprint density at radius 3 is 2.52 bits per heavy atom. The molecule has 176 valence electrons. The van der Waals surface area contributed by atoms with Gasteiger partial charge < -0.3 is 14.2 Å². The number of likely N-dealkylation sites (N-methyl/N-ethyl adjacent to an activating group) is 1. The maximum absolute atomic E-state index is 13.1. The number of halogens is 1. The van der Waals surface area contributed by atoms with Crippen molar-refractivity contribution in [3.63, 3.8) is 0 Å². The fourth-order valence-electron chi connectivity index (χ4n) is 3.12. The van der Waals surface area contributed by atoms with Gasteiger partial charge in [0.2, 0.25) is 0 Å². The summed E-state index contributed by atoms with van der Waals surface area (Å²) in [5.74, 6) is 2.02. The Morgan fingerprint density at radius 2 is 1.91 bits per heavy atom. The summed E-state index contributed by atoms with van der Waals surface area (Å²) in [6.07, 6.45) is 2.82. The number of amidine groups is 1. The molecule has 1 saturated heterocycles. The van der Waals surface area contributed by atoms with E-state index in [9.17, 15) is 4.79 Å². The molecular weight excluding hydrogens is 504 g/mol. The molecule has 8 heteroatoms. The number of ether oxygens (including phenoxy) is 3. The molecule has 0 unspecified atom stereocenters. The second-order valence-electron chi connectivity index (χ2n) is 7.35. The molecule has 33 heavy (non-hydrogen) atoms. The second kappa shape index (κ2) is 11.6. The highest BCUT2D eigenvalue weighted by atomic mass is 79.9. The van der Waals surface area contributed by atoms with Gasteiger partial charge in [0, 0.05) is 6.54 Å². The molecule has 1 fully saturated rings. The number of rotatable bonds is 9. The van der Waals surface area contributed by atoms with Crippen LogP contribution in [0.2, 0.25) is 0 Å². The molecule has 0 spiro atoms. The Kier molecular flexibility index (Phi) is 8.86. The fraction of sp³-hybridized carbons (Fsp3) is 0.360. The van der Waals surface area contributed by atoms with E-state index in [1.807, 2.05) is 63.2 Å². The van der Waals surface area contributed by atoms with Gasteiger partial charge in [-0.05, 0) is 103 Å². The second-order valence-corrected chi connectivity index (χ2v) is 9.22. The first kappa shape index (κ1) is 25.2. The predicted molar refractivity (Wildman–Crippen MR) is 139 cm³/mol. The topological polar surface area (TPSA) is 60.4 Å². The maximum atomic E-state index is 13.1. The van der Waals surface area contributed by atoms with Crippen LogP contribution in [0.25, 0.3) is 6.08 Å². The van der Waals surface area contributed by atoms with E-state index in [0.717, 1.165) is 27.9 Å². The average Bonchev–Trinajstić information content (AvgIpc) is 3.10. The van der Waals surface area contributed by atoms with Crippen LogP contribution in [0.1, 0.15) is 39.7 Å². The lowest BCUT2D eigenvalue weighted by Gasteiger charge is -2.18. The quantitative estimate of drug-likeness (QED) is 0.338. The zero-order chi connectivity index (χ0) is 24.0. The van der Waals surface area contributed by atoms with E-state index in [2.05, 4.69) is 27.8 Å². The standard InChI is InChI=1S/C25H29BrN2O4S/c1-6-16(4)32-23-20(26)13-17(14-21(23)31-8-3)15-22-24(29)28(7-2)25(33-22)27-18-9-11-19(30-5)12-10-18/h9-16H,6-8H2,1-5H3/b22-15+,27-25?/t16-/m1/s1. The number of hydrogen-bond acceptors (Lipinski definition) is 6. The lowest BCUT2D eigenvalue weighted by molar-refractivity contribution is -0.122. The Labute approximate surface area is 208 Å². The summed E-state index contributed by atoms with van der Waals surface area (Å²) in [4.78, 5) is 20.0. The Hall–Kier alpha value is -2.45. The minimum absolute atomic E-state index is 0.0616. The number of carbonyl (C=O) groups is 1. The summed E-state index contributed by atoms with van der Waals surface area (Å²) in [7, 11) is 1.63. The number of nitrogens with zero attached hydrogens (tertiary/aromatic N) is 2. The maximum Gasteiger partial charge on any atom is 0.266 e. The first-order chi connectivity index (χ1) is 15.9. The predicted octanol–water partition coefficient (Wildman–Crippen LogP) is 6.66. The SMILES string of the molecule is CCOc1cc(/C=C2/SC(=Nc3ccc(OC)cc3)N(CC)C2=O)cc(Br)c1O[C@H](C)CC. The van der Waals surface area contributed by atoms with Gasteiger partial charge in [-0.25, -0.2) is 4.99 Å². The monoisotopic (exact) mass is 532 g/mol. The number of aliphatic imine (C=N–C) groups is 1. The molecular formula is C25H29BrN2O4S. The van der Waals surface area contributed by atoms with E-state index in [4.69, 9.17) is 14.2 Å². The van der Waals surface area contributed by atoms with Crippen molar-refractivity contribution in [2.45, 2.75) is 40.2 Å². The number of methoxy groups -OCH3 is 1. The van der Waals surface area contributed by atoms with Crippen LogP contribution in [-0.4, -0.2) is 42.3 Å². The summed E-state index contributed by atoms with van der Waals surface area (Å²) < 4.78 is 17.9.